The van der Waals surface area contributed by atoms with E-state index in [4.69, 9.17) is 5.73 Å². The summed E-state index contributed by atoms with van der Waals surface area (Å²) in [7, 11) is 0. The topological polar surface area (TPSA) is 46.3 Å². The number of nitrogens with two attached hydrogens (primary N) is 1. The Balaban J connectivity index is 1.77. The Morgan fingerprint density at radius 2 is 1.32 bits per heavy atom. The lowest BCUT2D eigenvalue weighted by Crippen LogP contribution is -2.32. The molecule has 3 nitrogen and oxygen atoms in total. The second kappa shape index (κ2) is 8.15. The molecule has 3 aromatic carbocycles. The molecule has 0 aliphatic heterocycles. The molecule has 2 N–H and O–H groups in total. The van der Waals surface area contributed by atoms with Gasteiger partial charge in [0.1, 0.15) is 0 Å². The highest BCUT2D eigenvalue weighted by Crippen LogP contribution is 2.13. The molecule has 25 heavy (non-hydrogen) atoms. The Labute approximate surface area is 148 Å². The summed E-state index contributed by atoms with van der Waals surface area (Å²) in [5.74, 6) is 0.0276. The molecule has 0 saturated heterocycles. The minimum absolute atomic E-state index is 0.0276. The van der Waals surface area contributed by atoms with Gasteiger partial charge in [-0.1, -0.05) is 60.7 Å². The number of amides is 1. The predicted octanol–water partition coefficient (Wildman–Crippen LogP) is 4.15. The van der Waals surface area contributed by atoms with Crippen LogP contribution in [-0.2, 0) is 13.0 Å². The molecule has 0 aromatic heterocycles. The highest BCUT2D eigenvalue weighted by atomic mass is 16.2. The van der Waals surface area contributed by atoms with Gasteiger partial charge in [0, 0.05) is 24.3 Å². The third kappa shape index (κ3) is 4.70. The maximum absolute atomic E-state index is 13.0. The van der Waals surface area contributed by atoms with Crippen LogP contribution in [0.3, 0.4) is 0 Å². The number of carbonyl (C=O) groups excluding carboxylic acids is 1. The average Bonchev–Trinajstić information content (AvgIpc) is 2.67. The summed E-state index contributed by atoms with van der Waals surface area (Å²) in [5, 5.41) is 0. The van der Waals surface area contributed by atoms with E-state index in [0.717, 1.165) is 12.0 Å². The number of nitrogen functional groups attached to an aromatic ring is 1. The molecular formula is C22H22N2O. The van der Waals surface area contributed by atoms with Gasteiger partial charge >= 0.3 is 0 Å². The summed E-state index contributed by atoms with van der Waals surface area (Å²) >= 11 is 0. The van der Waals surface area contributed by atoms with Crippen molar-refractivity contribution in [2.45, 2.75) is 13.0 Å². The van der Waals surface area contributed by atoms with Crippen molar-refractivity contribution in [3.63, 3.8) is 0 Å². The highest BCUT2D eigenvalue weighted by Gasteiger charge is 2.16. The van der Waals surface area contributed by atoms with E-state index < -0.39 is 0 Å². The molecule has 0 saturated carbocycles. The van der Waals surface area contributed by atoms with E-state index in [9.17, 15) is 4.79 Å². The first-order valence-corrected chi connectivity index (χ1v) is 8.45. The van der Waals surface area contributed by atoms with Crippen LogP contribution in [0.4, 0.5) is 5.69 Å². The molecule has 3 heteroatoms. The maximum atomic E-state index is 13.0. The van der Waals surface area contributed by atoms with Crippen molar-refractivity contribution in [1.29, 1.82) is 0 Å². The molecule has 0 atom stereocenters. The van der Waals surface area contributed by atoms with Gasteiger partial charge in [-0.05, 0) is 41.8 Å². The number of benzene rings is 3. The van der Waals surface area contributed by atoms with Crippen molar-refractivity contribution < 1.29 is 4.79 Å². The molecule has 3 aromatic rings. The summed E-state index contributed by atoms with van der Waals surface area (Å²) in [6.45, 7) is 1.26. The molecule has 0 heterocycles. The van der Waals surface area contributed by atoms with E-state index >= 15 is 0 Å². The van der Waals surface area contributed by atoms with E-state index in [1.54, 1.807) is 24.3 Å². The van der Waals surface area contributed by atoms with Crippen molar-refractivity contribution in [2.75, 3.05) is 12.3 Å². The van der Waals surface area contributed by atoms with Gasteiger partial charge < -0.3 is 10.6 Å². The van der Waals surface area contributed by atoms with Gasteiger partial charge in [-0.3, -0.25) is 4.79 Å². The van der Waals surface area contributed by atoms with Gasteiger partial charge in [0.2, 0.25) is 0 Å². The zero-order valence-electron chi connectivity index (χ0n) is 14.1. The Morgan fingerprint density at radius 3 is 1.92 bits per heavy atom. The summed E-state index contributed by atoms with van der Waals surface area (Å²) < 4.78 is 0. The third-order valence-electron chi connectivity index (χ3n) is 4.17. The van der Waals surface area contributed by atoms with Crippen LogP contribution in [0.25, 0.3) is 0 Å². The summed E-state index contributed by atoms with van der Waals surface area (Å²) in [6, 6.07) is 27.4. The van der Waals surface area contributed by atoms with Gasteiger partial charge in [-0.2, -0.15) is 0 Å². The number of hydrogen-bond acceptors (Lipinski definition) is 2. The standard InChI is InChI=1S/C22H22N2O/c23-21-13-11-20(12-14-21)22(25)24(17-19-9-5-2-6-10-19)16-15-18-7-3-1-4-8-18/h1-14H,15-17,23H2. The van der Waals surface area contributed by atoms with Crippen LogP contribution >= 0.6 is 0 Å². The van der Waals surface area contributed by atoms with Crippen LogP contribution < -0.4 is 5.73 Å². The van der Waals surface area contributed by atoms with E-state index in [1.807, 2.05) is 53.4 Å². The van der Waals surface area contributed by atoms with E-state index in [0.29, 0.717) is 24.3 Å². The lowest BCUT2D eigenvalue weighted by molar-refractivity contribution is 0.0745. The Kier molecular flexibility index (Phi) is 5.47. The first-order valence-electron chi connectivity index (χ1n) is 8.45. The lowest BCUT2D eigenvalue weighted by atomic mass is 10.1. The van der Waals surface area contributed by atoms with Crippen molar-refractivity contribution in [3.8, 4) is 0 Å². The Morgan fingerprint density at radius 1 is 0.760 bits per heavy atom. The summed E-state index contributed by atoms with van der Waals surface area (Å²) in [4.78, 5) is 14.9. The van der Waals surface area contributed by atoms with Crippen molar-refractivity contribution in [1.82, 2.24) is 4.90 Å². The lowest BCUT2D eigenvalue weighted by Gasteiger charge is -2.23. The van der Waals surface area contributed by atoms with Gasteiger partial charge in [-0.25, -0.2) is 0 Å². The summed E-state index contributed by atoms with van der Waals surface area (Å²) in [5.41, 5.74) is 9.42. The fraction of sp³-hybridized carbons (Fsp3) is 0.136. The third-order valence-corrected chi connectivity index (χ3v) is 4.17. The number of anilines is 1. The number of carbonyl (C=O) groups is 1. The average molecular weight is 330 g/mol. The molecule has 0 fully saturated rings. The van der Waals surface area contributed by atoms with Crippen molar-refractivity contribution in [2.24, 2.45) is 0 Å². The van der Waals surface area contributed by atoms with Gasteiger partial charge in [0.25, 0.3) is 5.91 Å². The number of hydrogen-bond donors (Lipinski definition) is 1. The fourth-order valence-corrected chi connectivity index (χ4v) is 2.77. The maximum Gasteiger partial charge on any atom is 0.254 e. The highest BCUT2D eigenvalue weighted by molar-refractivity contribution is 5.94. The second-order valence-electron chi connectivity index (χ2n) is 6.07. The van der Waals surface area contributed by atoms with Crippen LogP contribution in [0.2, 0.25) is 0 Å². The van der Waals surface area contributed by atoms with E-state index in [1.165, 1.54) is 5.56 Å². The zero-order valence-corrected chi connectivity index (χ0v) is 14.1. The largest absolute Gasteiger partial charge is 0.399 e. The van der Waals surface area contributed by atoms with Crippen LogP contribution in [0, 0.1) is 0 Å². The molecular weight excluding hydrogens is 308 g/mol. The normalized spacial score (nSPS) is 10.4. The molecule has 3 rings (SSSR count). The SMILES string of the molecule is Nc1ccc(C(=O)N(CCc2ccccc2)Cc2ccccc2)cc1. The molecule has 0 spiro atoms. The first-order chi connectivity index (χ1) is 12.2. The smallest absolute Gasteiger partial charge is 0.254 e. The molecule has 0 unspecified atom stereocenters. The monoisotopic (exact) mass is 330 g/mol. The quantitative estimate of drug-likeness (QED) is 0.690. The van der Waals surface area contributed by atoms with Gasteiger partial charge in [0.15, 0.2) is 0 Å². The molecule has 1 amide bonds. The molecule has 0 radical (unpaired) electrons. The molecule has 0 aliphatic rings. The fourth-order valence-electron chi connectivity index (χ4n) is 2.77. The molecule has 126 valence electrons. The Hall–Kier alpha value is -3.07. The van der Waals surface area contributed by atoms with E-state index in [-0.39, 0.29) is 5.91 Å². The number of nitrogens with zero attached hydrogens (tertiary/aromatic N) is 1. The predicted molar refractivity (Wildman–Crippen MR) is 102 cm³/mol. The number of rotatable bonds is 6. The van der Waals surface area contributed by atoms with Crippen molar-refractivity contribution in [3.05, 3.63) is 102 Å². The van der Waals surface area contributed by atoms with Gasteiger partial charge in [-0.15, -0.1) is 0 Å². The summed E-state index contributed by atoms with van der Waals surface area (Å²) in [6.07, 6.45) is 0.828. The first kappa shape index (κ1) is 16.8. The van der Waals surface area contributed by atoms with E-state index in [2.05, 4.69) is 12.1 Å². The van der Waals surface area contributed by atoms with Crippen LogP contribution in [0.5, 0.6) is 0 Å². The Bertz CT molecular complexity index is 798. The van der Waals surface area contributed by atoms with Gasteiger partial charge in [0.05, 0.1) is 0 Å². The minimum Gasteiger partial charge on any atom is -0.399 e. The zero-order chi connectivity index (χ0) is 17.5. The van der Waals surface area contributed by atoms with Crippen LogP contribution in [-0.4, -0.2) is 17.4 Å². The van der Waals surface area contributed by atoms with Crippen LogP contribution in [0.15, 0.2) is 84.9 Å². The van der Waals surface area contributed by atoms with Crippen molar-refractivity contribution >= 4 is 11.6 Å². The molecule has 0 aliphatic carbocycles. The molecule has 0 bridgehead atoms. The van der Waals surface area contributed by atoms with Crippen LogP contribution in [0.1, 0.15) is 21.5 Å². The minimum atomic E-state index is 0.0276. The second-order valence-corrected chi connectivity index (χ2v) is 6.07.